The van der Waals surface area contributed by atoms with Gasteiger partial charge in [-0.3, -0.25) is 0 Å². The molecule has 10 aromatic carbocycles. The molecule has 0 fully saturated rings. The van der Waals surface area contributed by atoms with Crippen LogP contribution in [0, 0.1) is 0 Å². The standard InChI is InChI=1S/C61H46N2/c1-61(2)55-32-15-14-31-54(55)60-56(61)33-18-34-57(60)62(49-24-8-4-9-25-49)51-28-16-22-47(41-51)43-35-37-44(38-36-43)48-23-17-29-52(42-48)63(50-26-10-5-11-27-50)58-40-39-45-19-12-13-30-53(45)59(58)46-20-6-3-7-21-46/h3-42H,1-2H3. The summed E-state index contributed by atoms with van der Waals surface area (Å²) >= 11 is 0. The molecule has 0 bridgehead atoms. The number of fused-ring (bicyclic) bond motifs is 4. The minimum Gasteiger partial charge on any atom is -0.310 e. The molecule has 0 unspecified atom stereocenters. The highest BCUT2D eigenvalue weighted by Gasteiger charge is 2.37. The zero-order chi connectivity index (χ0) is 42.3. The van der Waals surface area contributed by atoms with Crippen LogP contribution in [0.15, 0.2) is 243 Å². The van der Waals surface area contributed by atoms with Gasteiger partial charge in [-0.05, 0) is 116 Å². The van der Waals surface area contributed by atoms with Gasteiger partial charge >= 0.3 is 0 Å². The topological polar surface area (TPSA) is 6.48 Å². The molecule has 0 spiro atoms. The van der Waals surface area contributed by atoms with Gasteiger partial charge in [0, 0.05) is 39.3 Å². The summed E-state index contributed by atoms with van der Waals surface area (Å²) in [5.41, 5.74) is 19.1. The minimum atomic E-state index is -0.0885. The maximum Gasteiger partial charge on any atom is 0.0546 e. The number of anilines is 6. The monoisotopic (exact) mass is 806 g/mol. The second kappa shape index (κ2) is 15.8. The predicted octanol–water partition coefficient (Wildman–Crippen LogP) is 17.1. The molecule has 0 saturated carbocycles. The largest absolute Gasteiger partial charge is 0.310 e. The number of hydrogen-bond donors (Lipinski definition) is 0. The van der Waals surface area contributed by atoms with E-state index in [9.17, 15) is 0 Å². The first-order chi connectivity index (χ1) is 31.0. The van der Waals surface area contributed by atoms with E-state index in [1.807, 2.05) is 0 Å². The fourth-order valence-electron chi connectivity index (χ4n) is 9.79. The molecular weight excluding hydrogens is 761 g/mol. The van der Waals surface area contributed by atoms with Crippen LogP contribution in [-0.4, -0.2) is 0 Å². The van der Waals surface area contributed by atoms with Gasteiger partial charge in [0.05, 0.1) is 11.4 Å². The van der Waals surface area contributed by atoms with Crippen molar-refractivity contribution in [1.29, 1.82) is 0 Å². The first-order valence-corrected chi connectivity index (χ1v) is 21.8. The fourth-order valence-corrected chi connectivity index (χ4v) is 9.79. The van der Waals surface area contributed by atoms with Crippen LogP contribution < -0.4 is 9.80 Å². The van der Waals surface area contributed by atoms with Gasteiger partial charge in [-0.1, -0.05) is 196 Å². The molecular formula is C61H46N2. The third kappa shape index (κ3) is 6.77. The van der Waals surface area contributed by atoms with Crippen molar-refractivity contribution in [3.8, 4) is 44.5 Å². The van der Waals surface area contributed by atoms with Crippen LogP contribution in [0.2, 0.25) is 0 Å². The SMILES string of the molecule is CC1(C)c2ccccc2-c2c(N(c3ccccc3)c3cccc(-c4ccc(-c5cccc(N(c6ccccc6)c6ccc7ccccc7c6-c6ccccc6)c5)cc4)c3)cccc21. The Morgan fingerprint density at radius 2 is 0.762 bits per heavy atom. The molecule has 10 aromatic rings. The molecule has 0 aromatic heterocycles. The highest BCUT2D eigenvalue weighted by atomic mass is 15.2. The van der Waals surface area contributed by atoms with Crippen molar-refractivity contribution in [2.45, 2.75) is 19.3 Å². The molecule has 11 rings (SSSR count). The van der Waals surface area contributed by atoms with E-state index in [2.05, 4.69) is 266 Å². The summed E-state index contributed by atoms with van der Waals surface area (Å²) in [6.07, 6.45) is 0. The first-order valence-electron chi connectivity index (χ1n) is 21.8. The summed E-state index contributed by atoms with van der Waals surface area (Å²) < 4.78 is 0. The van der Waals surface area contributed by atoms with Gasteiger partial charge in [0.15, 0.2) is 0 Å². The van der Waals surface area contributed by atoms with Crippen molar-refractivity contribution in [2.24, 2.45) is 0 Å². The lowest BCUT2D eigenvalue weighted by Crippen LogP contribution is -2.16. The van der Waals surface area contributed by atoms with Crippen LogP contribution in [0.25, 0.3) is 55.3 Å². The molecule has 2 heteroatoms. The Balaban J connectivity index is 0.972. The molecule has 0 radical (unpaired) electrons. The van der Waals surface area contributed by atoms with E-state index < -0.39 is 0 Å². The second-order valence-corrected chi connectivity index (χ2v) is 16.9. The van der Waals surface area contributed by atoms with E-state index in [1.165, 1.54) is 66.5 Å². The van der Waals surface area contributed by atoms with Gasteiger partial charge in [0.25, 0.3) is 0 Å². The van der Waals surface area contributed by atoms with Gasteiger partial charge < -0.3 is 9.80 Å². The summed E-state index contributed by atoms with van der Waals surface area (Å²) in [6.45, 7) is 4.70. The lowest BCUT2D eigenvalue weighted by atomic mass is 9.82. The molecule has 0 aliphatic heterocycles. The third-order valence-corrected chi connectivity index (χ3v) is 12.8. The summed E-state index contributed by atoms with van der Waals surface area (Å²) in [7, 11) is 0. The summed E-state index contributed by atoms with van der Waals surface area (Å²) in [5.74, 6) is 0. The highest BCUT2D eigenvalue weighted by Crippen LogP contribution is 2.54. The van der Waals surface area contributed by atoms with Crippen LogP contribution >= 0.6 is 0 Å². The lowest BCUT2D eigenvalue weighted by Gasteiger charge is -2.29. The Hall–Kier alpha value is -7.94. The summed E-state index contributed by atoms with van der Waals surface area (Å²) in [6, 6.07) is 88.2. The number of hydrogen-bond acceptors (Lipinski definition) is 2. The maximum absolute atomic E-state index is 2.43. The van der Waals surface area contributed by atoms with E-state index in [1.54, 1.807) is 0 Å². The van der Waals surface area contributed by atoms with E-state index >= 15 is 0 Å². The molecule has 0 saturated heterocycles. The Labute approximate surface area is 370 Å². The van der Waals surface area contributed by atoms with Crippen LogP contribution in [0.1, 0.15) is 25.0 Å². The molecule has 0 heterocycles. The number of rotatable bonds is 9. The minimum absolute atomic E-state index is 0.0885. The number of para-hydroxylation sites is 2. The first kappa shape index (κ1) is 38.0. The molecule has 1 aliphatic carbocycles. The van der Waals surface area contributed by atoms with Gasteiger partial charge in [0.1, 0.15) is 0 Å². The van der Waals surface area contributed by atoms with Crippen LogP contribution in [-0.2, 0) is 5.41 Å². The van der Waals surface area contributed by atoms with Crippen molar-refractivity contribution >= 4 is 44.9 Å². The van der Waals surface area contributed by atoms with E-state index in [-0.39, 0.29) is 5.41 Å². The van der Waals surface area contributed by atoms with Crippen molar-refractivity contribution in [1.82, 2.24) is 0 Å². The highest BCUT2D eigenvalue weighted by molar-refractivity contribution is 6.05. The molecule has 1 aliphatic rings. The molecule has 0 amide bonds. The Morgan fingerprint density at radius 3 is 1.38 bits per heavy atom. The average Bonchev–Trinajstić information content (AvgIpc) is 3.59. The smallest absolute Gasteiger partial charge is 0.0546 e. The van der Waals surface area contributed by atoms with Crippen molar-refractivity contribution in [2.75, 3.05) is 9.80 Å². The molecule has 0 atom stereocenters. The van der Waals surface area contributed by atoms with Crippen LogP contribution in [0.3, 0.4) is 0 Å². The van der Waals surface area contributed by atoms with E-state index in [0.29, 0.717) is 0 Å². The van der Waals surface area contributed by atoms with E-state index in [0.717, 1.165) is 34.0 Å². The number of nitrogens with zero attached hydrogens (tertiary/aromatic N) is 2. The Morgan fingerprint density at radius 1 is 0.302 bits per heavy atom. The molecule has 300 valence electrons. The average molecular weight is 807 g/mol. The summed E-state index contributed by atoms with van der Waals surface area (Å²) in [5, 5.41) is 2.45. The predicted molar refractivity (Wildman–Crippen MR) is 267 cm³/mol. The quantitative estimate of drug-likeness (QED) is 0.143. The normalized spacial score (nSPS) is 12.4. The van der Waals surface area contributed by atoms with Crippen molar-refractivity contribution in [3.05, 3.63) is 254 Å². The van der Waals surface area contributed by atoms with Gasteiger partial charge in [0.2, 0.25) is 0 Å². The Kier molecular flexibility index (Phi) is 9.55. The fraction of sp³-hybridized carbons (Fsp3) is 0.0492. The molecule has 0 N–H and O–H groups in total. The number of benzene rings is 10. The van der Waals surface area contributed by atoms with Crippen molar-refractivity contribution < 1.29 is 0 Å². The second-order valence-electron chi connectivity index (χ2n) is 16.9. The lowest BCUT2D eigenvalue weighted by molar-refractivity contribution is 0.660. The zero-order valence-corrected chi connectivity index (χ0v) is 35.5. The molecule has 63 heavy (non-hydrogen) atoms. The zero-order valence-electron chi connectivity index (χ0n) is 35.5. The van der Waals surface area contributed by atoms with Crippen molar-refractivity contribution in [3.63, 3.8) is 0 Å². The Bertz CT molecular complexity index is 3240. The van der Waals surface area contributed by atoms with Gasteiger partial charge in [-0.25, -0.2) is 0 Å². The van der Waals surface area contributed by atoms with E-state index in [4.69, 9.17) is 0 Å². The van der Waals surface area contributed by atoms with Crippen LogP contribution in [0.5, 0.6) is 0 Å². The molecule has 2 nitrogen and oxygen atoms in total. The van der Waals surface area contributed by atoms with Gasteiger partial charge in [-0.2, -0.15) is 0 Å². The third-order valence-electron chi connectivity index (χ3n) is 12.8. The summed E-state index contributed by atoms with van der Waals surface area (Å²) in [4.78, 5) is 4.83. The maximum atomic E-state index is 2.43. The van der Waals surface area contributed by atoms with Gasteiger partial charge in [-0.15, -0.1) is 0 Å². The van der Waals surface area contributed by atoms with Crippen LogP contribution in [0.4, 0.5) is 34.1 Å².